The zero-order valence-electron chi connectivity index (χ0n) is 19.2. The van der Waals surface area contributed by atoms with Crippen molar-refractivity contribution in [1.29, 1.82) is 0 Å². The van der Waals surface area contributed by atoms with Gasteiger partial charge in [0.25, 0.3) is 0 Å². The molecule has 2 fully saturated rings. The van der Waals surface area contributed by atoms with E-state index in [-0.39, 0.29) is 23.4 Å². The summed E-state index contributed by atoms with van der Waals surface area (Å²) in [4.78, 5) is 27.3. The lowest BCUT2D eigenvalue weighted by Gasteiger charge is -2.34. The summed E-state index contributed by atoms with van der Waals surface area (Å²) in [6, 6.07) is 12.8. The summed E-state index contributed by atoms with van der Waals surface area (Å²) in [5, 5.41) is 9.97. The molecule has 5 nitrogen and oxygen atoms in total. The Labute approximate surface area is 190 Å². The van der Waals surface area contributed by atoms with Crippen molar-refractivity contribution in [3.63, 3.8) is 0 Å². The van der Waals surface area contributed by atoms with Crippen LogP contribution < -0.4 is 9.64 Å². The number of carboxylic acid groups (broad SMARTS) is 1. The van der Waals surface area contributed by atoms with Gasteiger partial charge in [0.2, 0.25) is 5.91 Å². The van der Waals surface area contributed by atoms with Gasteiger partial charge in [-0.2, -0.15) is 0 Å². The van der Waals surface area contributed by atoms with Gasteiger partial charge in [-0.25, -0.2) is 4.79 Å². The molecule has 2 aliphatic rings. The quantitative estimate of drug-likeness (QED) is 0.530. The van der Waals surface area contributed by atoms with Gasteiger partial charge in [0.05, 0.1) is 11.3 Å². The third-order valence-corrected chi connectivity index (χ3v) is 6.74. The van der Waals surface area contributed by atoms with Crippen LogP contribution in [-0.4, -0.2) is 23.0 Å². The molecule has 0 spiro atoms. The van der Waals surface area contributed by atoms with Crippen LogP contribution in [0.5, 0.6) is 11.5 Å². The number of amides is 1. The molecule has 2 aromatic carbocycles. The SMILES string of the molecule is CC1CCC(C(=O)N(c2ccc(Oc3ccccc3C3CC3)cc2C(=O)O)C(C)C)CC1. The fourth-order valence-corrected chi connectivity index (χ4v) is 4.75. The van der Waals surface area contributed by atoms with Crippen molar-refractivity contribution in [3.05, 3.63) is 53.6 Å². The number of rotatable bonds is 7. The summed E-state index contributed by atoms with van der Waals surface area (Å²) in [5.41, 5.74) is 1.70. The molecule has 32 heavy (non-hydrogen) atoms. The standard InChI is InChI=1S/C27H33NO4/c1-17(2)28(26(29)20-10-8-18(3)9-11-20)24-15-14-21(16-23(24)27(30)31)32-25-7-5-4-6-22(25)19-12-13-19/h4-7,14-20H,8-13H2,1-3H3,(H,30,31). The average molecular weight is 436 g/mol. The summed E-state index contributed by atoms with van der Waals surface area (Å²) >= 11 is 0. The molecule has 0 aliphatic heterocycles. The van der Waals surface area contributed by atoms with Crippen LogP contribution in [-0.2, 0) is 4.79 Å². The summed E-state index contributed by atoms with van der Waals surface area (Å²) in [6.07, 6.45) is 6.13. The second-order valence-corrected chi connectivity index (χ2v) is 9.66. The molecule has 1 amide bonds. The van der Waals surface area contributed by atoms with E-state index in [0.29, 0.717) is 23.3 Å². The van der Waals surface area contributed by atoms with Gasteiger partial charge in [-0.3, -0.25) is 4.79 Å². The van der Waals surface area contributed by atoms with Crippen LogP contribution in [0.2, 0.25) is 0 Å². The van der Waals surface area contributed by atoms with Crippen LogP contribution in [0.3, 0.4) is 0 Å². The van der Waals surface area contributed by atoms with E-state index in [9.17, 15) is 14.7 Å². The van der Waals surface area contributed by atoms with Gasteiger partial charge in [-0.1, -0.05) is 25.1 Å². The zero-order valence-corrected chi connectivity index (χ0v) is 19.2. The van der Waals surface area contributed by atoms with E-state index in [1.165, 1.54) is 5.56 Å². The predicted octanol–water partition coefficient (Wildman–Crippen LogP) is 6.62. The van der Waals surface area contributed by atoms with E-state index in [2.05, 4.69) is 13.0 Å². The maximum atomic E-state index is 13.4. The van der Waals surface area contributed by atoms with Crippen molar-refractivity contribution >= 4 is 17.6 Å². The molecule has 0 bridgehead atoms. The smallest absolute Gasteiger partial charge is 0.337 e. The monoisotopic (exact) mass is 435 g/mol. The Hall–Kier alpha value is -2.82. The maximum Gasteiger partial charge on any atom is 0.337 e. The van der Waals surface area contributed by atoms with E-state index in [1.807, 2.05) is 32.0 Å². The number of hydrogen-bond acceptors (Lipinski definition) is 3. The minimum Gasteiger partial charge on any atom is -0.478 e. The molecule has 0 radical (unpaired) electrons. The second-order valence-electron chi connectivity index (χ2n) is 9.66. The first kappa shape index (κ1) is 22.4. The molecule has 5 heteroatoms. The maximum absolute atomic E-state index is 13.4. The molecule has 1 N–H and O–H groups in total. The van der Waals surface area contributed by atoms with Gasteiger partial charge in [0, 0.05) is 12.0 Å². The van der Waals surface area contributed by atoms with Crippen molar-refractivity contribution in [2.75, 3.05) is 4.90 Å². The molecule has 0 aromatic heterocycles. The molecule has 0 atom stereocenters. The highest BCUT2D eigenvalue weighted by molar-refractivity contribution is 6.03. The van der Waals surface area contributed by atoms with Gasteiger partial charge in [-0.05, 0) is 94.0 Å². The number of hydrogen-bond donors (Lipinski definition) is 1. The summed E-state index contributed by atoms with van der Waals surface area (Å²) < 4.78 is 6.12. The largest absolute Gasteiger partial charge is 0.478 e. The molecule has 2 aliphatic carbocycles. The molecular formula is C27H33NO4. The van der Waals surface area contributed by atoms with E-state index >= 15 is 0 Å². The fraction of sp³-hybridized carbons (Fsp3) is 0.481. The van der Waals surface area contributed by atoms with E-state index in [1.54, 1.807) is 23.1 Å². The highest BCUT2D eigenvalue weighted by Gasteiger charge is 2.32. The van der Waals surface area contributed by atoms with Gasteiger partial charge in [0.15, 0.2) is 0 Å². The van der Waals surface area contributed by atoms with Crippen molar-refractivity contribution < 1.29 is 19.4 Å². The highest BCUT2D eigenvalue weighted by Crippen LogP contribution is 2.45. The third kappa shape index (κ3) is 4.82. The van der Waals surface area contributed by atoms with Gasteiger partial charge >= 0.3 is 5.97 Å². The van der Waals surface area contributed by atoms with Crippen LogP contribution in [0.25, 0.3) is 0 Å². The summed E-state index contributed by atoms with van der Waals surface area (Å²) in [6.45, 7) is 6.10. The predicted molar refractivity (Wildman–Crippen MR) is 126 cm³/mol. The number of carboxylic acids is 1. The molecule has 0 unspecified atom stereocenters. The van der Waals surface area contributed by atoms with Crippen LogP contribution in [0.4, 0.5) is 5.69 Å². The normalized spacial score (nSPS) is 20.8. The van der Waals surface area contributed by atoms with E-state index in [4.69, 9.17) is 4.74 Å². The molecule has 0 saturated heterocycles. The van der Waals surface area contributed by atoms with Gasteiger partial charge in [0.1, 0.15) is 11.5 Å². The lowest BCUT2D eigenvalue weighted by molar-refractivity contribution is -0.123. The van der Waals surface area contributed by atoms with Crippen molar-refractivity contribution in [3.8, 4) is 11.5 Å². The van der Waals surface area contributed by atoms with Crippen molar-refractivity contribution in [2.24, 2.45) is 11.8 Å². The Kier molecular flexibility index (Phi) is 6.54. The van der Waals surface area contributed by atoms with E-state index < -0.39 is 5.97 Å². The number of benzene rings is 2. The van der Waals surface area contributed by atoms with Crippen LogP contribution in [0.1, 0.15) is 81.1 Å². The Morgan fingerprint density at radius 2 is 1.69 bits per heavy atom. The molecular weight excluding hydrogens is 402 g/mol. The van der Waals surface area contributed by atoms with Gasteiger partial charge < -0.3 is 14.7 Å². The number of carbonyl (C=O) groups excluding carboxylic acids is 1. The minimum absolute atomic E-state index is 0.0298. The topological polar surface area (TPSA) is 66.8 Å². The molecule has 170 valence electrons. The van der Waals surface area contributed by atoms with Crippen LogP contribution >= 0.6 is 0 Å². The summed E-state index contributed by atoms with van der Waals surface area (Å²) in [7, 11) is 0. The number of ether oxygens (including phenoxy) is 1. The first-order valence-corrected chi connectivity index (χ1v) is 11.8. The second kappa shape index (κ2) is 9.35. The fourth-order valence-electron chi connectivity index (χ4n) is 4.75. The first-order chi connectivity index (χ1) is 15.3. The minimum atomic E-state index is -1.06. The number of nitrogens with zero attached hydrogens (tertiary/aromatic N) is 1. The summed E-state index contributed by atoms with van der Waals surface area (Å²) in [5.74, 6) is 1.34. The first-order valence-electron chi connectivity index (χ1n) is 11.8. The number of anilines is 1. The number of carbonyl (C=O) groups is 2. The lowest BCUT2D eigenvalue weighted by Crippen LogP contribution is -2.42. The zero-order chi connectivity index (χ0) is 22.8. The Morgan fingerprint density at radius 3 is 2.31 bits per heavy atom. The van der Waals surface area contributed by atoms with Crippen LogP contribution in [0.15, 0.2) is 42.5 Å². The molecule has 0 heterocycles. The van der Waals surface area contributed by atoms with Crippen molar-refractivity contribution in [1.82, 2.24) is 0 Å². The van der Waals surface area contributed by atoms with Gasteiger partial charge in [-0.15, -0.1) is 0 Å². The Balaban J connectivity index is 1.63. The molecule has 4 rings (SSSR count). The number of aromatic carboxylic acids is 1. The third-order valence-electron chi connectivity index (χ3n) is 6.74. The molecule has 2 aromatic rings. The molecule has 2 saturated carbocycles. The number of para-hydroxylation sites is 1. The highest BCUT2D eigenvalue weighted by atomic mass is 16.5. The lowest BCUT2D eigenvalue weighted by atomic mass is 9.82. The Morgan fingerprint density at radius 1 is 1.00 bits per heavy atom. The van der Waals surface area contributed by atoms with E-state index in [0.717, 1.165) is 44.3 Å². The van der Waals surface area contributed by atoms with Crippen molar-refractivity contribution in [2.45, 2.75) is 71.3 Å². The van der Waals surface area contributed by atoms with Crippen LogP contribution in [0, 0.1) is 11.8 Å². The Bertz CT molecular complexity index is 987. The average Bonchev–Trinajstić information content (AvgIpc) is 3.60.